The second kappa shape index (κ2) is 7.62. The van der Waals surface area contributed by atoms with E-state index in [0.717, 1.165) is 52.0 Å². The second-order valence-electron chi connectivity index (χ2n) is 8.08. The quantitative estimate of drug-likeness (QED) is 0.695. The maximum Gasteiger partial charge on any atom is 0.222 e. The number of ether oxygens (including phenoxy) is 3. The summed E-state index contributed by atoms with van der Waals surface area (Å²) in [4.78, 5) is 21.0. The Kier molecular flexibility index (Phi) is 4.91. The molecule has 1 spiro atoms. The van der Waals surface area contributed by atoms with Crippen LogP contribution in [0.15, 0.2) is 24.5 Å². The zero-order valence-corrected chi connectivity index (χ0v) is 18.0. The van der Waals surface area contributed by atoms with Crippen molar-refractivity contribution in [1.82, 2.24) is 14.5 Å². The average molecular weight is 422 g/mol. The van der Waals surface area contributed by atoms with Crippen LogP contribution in [0.1, 0.15) is 31.5 Å². The molecule has 0 radical (unpaired) electrons. The Morgan fingerprint density at radius 3 is 2.97 bits per heavy atom. The van der Waals surface area contributed by atoms with Crippen LogP contribution >= 0.6 is 0 Å². The normalized spacial score (nSPS) is 20.2. The Hall–Kier alpha value is -2.97. The molecular weight excluding hydrogens is 396 g/mol. The molecule has 0 aliphatic carbocycles. The van der Waals surface area contributed by atoms with Crippen molar-refractivity contribution in [2.75, 3.05) is 31.7 Å². The summed E-state index contributed by atoms with van der Waals surface area (Å²) in [6.07, 6.45) is 5.36. The lowest BCUT2D eigenvalue weighted by molar-refractivity contribution is -0.114. The molecule has 1 fully saturated rings. The standard InChI is InChI=1S/C23H26N4O4/c1-4-30-20-10-18(26-22-15(20)5-7-31-23(22)6-8-29-13-23)17-12-27(3)19-11-24-21(9-16(17)19)25-14(2)28/h9-12H,4-8,13H2,1-3H3,(H,24,25,28). The van der Waals surface area contributed by atoms with Crippen molar-refractivity contribution in [3.63, 3.8) is 0 Å². The summed E-state index contributed by atoms with van der Waals surface area (Å²) >= 11 is 0. The van der Waals surface area contributed by atoms with Gasteiger partial charge in [0.1, 0.15) is 17.2 Å². The van der Waals surface area contributed by atoms with Gasteiger partial charge in [-0.2, -0.15) is 0 Å². The third-order valence-electron chi connectivity index (χ3n) is 5.99. The number of fused-ring (bicyclic) bond motifs is 3. The number of nitrogens with zero attached hydrogens (tertiary/aromatic N) is 3. The van der Waals surface area contributed by atoms with E-state index < -0.39 is 5.60 Å². The van der Waals surface area contributed by atoms with Gasteiger partial charge in [0.2, 0.25) is 5.91 Å². The molecule has 3 aromatic heterocycles. The fourth-order valence-corrected chi connectivity index (χ4v) is 4.58. The lowest BCUT2D eigenvalue weighted by atomic mass is 9.89. The zero-order chi connectivity index (χ0) is 21.6. The van der Waals surface area contributed by atoms with Gasteiger partial charge in [0.25, 0.3) is 0 Å². The highest BCUT2D eigenvalue weighted by atomic mass is 16.6. The molecule has 2 aliphatic rings. The molecule has 0 bridgehead atoms. The Labute approximate surface area is 180 Å². The first kappa shape index (κ1) is 20.0. The second-order valence-corrected chi connectivity index (χ2v) is 8.08. The van der Waals surface area contributed by atoms with Gasteiger partial charge in [-0.05, 0) is 13.0 Å². The van der Waals surface area contributed by atoms with Gasteiger partial charge in [0.15, 0.2) is 0 Å². The summed E-state index contributed by atoms with van der Waals surface area (Å²) in [5.74, 6) is 1.21. The van der Waals surface area contributed by atoms with Crippen LogP contribution in [0.3, 0.4) is 0 Å². The minimum absolute atomic E-state index is 0.157. The first-order valence-corrected chi connectivity index (χ1v) is 10.6. The molecule has 5 heterocycles. The van der Waals surface area contributed by atoms with Gasteiger partial charge >= 0.3 is 0 Å². The number of amides is 1. The van der Waals surface area contributed by atoms with Crippen molar-refractivity contribution in [2.45, 2.75) is 32.3 Å². The molecular formula is C23H26N4O4. The van der Waals surface area contributed by atoms with E-state index in [9.17, 15) is 4.79 Å². The highest BCUT2D eigenvalue weighted by Gasteiger charge is 2.44. The van der Waals surface area contributed by atoms with E-state index >= 15 is 0 Å². The van der Waals surface area contributed by atoms with Crippen LogP contribution < -0.4 is 10.1 Å². The van der Waals surface area contributed by atoms with Crippen molar-refractivity contribution in [3.8, 4) is 17.0 Å². The van der Waals surface area contributed by atoms with Crippen LogP contribution in [-0.2, 0) is 33.3 Å². The average Bonchev–Trinajstić information content (AvgIpc) is 3.33. The van der Waals surface area contributed by atoms with Crippen LogP contribution in [0, 0.1) is 0 Å². The Morgan fingerprint density at radius 1 is 1.35 bits per heavy atom. The number of pyridine rings is 2. The van der Waals surface area contributed by atoms with Crippen LogP contribution in [0.25, 0.3) is 22.2 Å². The highest BCUT2D eigenvalue weighted by Crippen LogP contribution is 2.44. The number of rotatable bonds is 4. The third kappa shape index (κ3) is 3.36. The van der Waals surface area contributed by atoms with Crippen molar-refractivity contribution in [1.29, 1.82) is 0 Å². The summed E-state index contributed by atoms with van der Waals surface area (Å²) in [6, 6.07) is 3.91. The van der Waals surface area contributed by atoms with E-state index in [1.165, 1.54) is 6.92 Å². The Bertz CT molecular complexity index is 1160. The third-order valence-corrected chi connectivity index (χ3v) is 5.99. The van der Waals surface area contributed by atoms with Gasteiger partial charge in [0.05, 0.1) is 42.9 Å². The molecule has 1 N–H and O–H groups in total. The Balaban J connectivity index is 1.71. The van der Waals surface area contributed by atoms with Gasteiger partial charge < -0.3 is 24.1 Å². The maximum atomic E-state index is 11.5. The molecule has 8 nitrogen and oxygen atoms in total. The molecule has 31 heavy (non-hydrogen) atoms. The van der Waals surface area contributed by atoms with Gasteiger partial charge in [-0.3, -0.25) is 4.79 Å². The fourth-order valence-electron chi connectivity index (χ4n) is 4.58. The fraction of sp³-hybridized carbons (Fsp3) is 0.435. The van der Waals surface area contributed by atoms with E-state index in [2.05, 4.69) is 10.3 Å². The number of carbonyl (C=O) groups excluding carboxylic acids is 1. The minimum atomic E-state index is -0.511. The number of hydrogen-bond donors (Lipinski definition) is 1. The molecule has 2 aliphatic heterocycles. The highest BCUT2D eigenvalue weighted by molar-refractivity contribution is 5.98. The van der Waals surface area contributed by atoms with Crippen LogP contribution in [-0.4, -0.2) is 46.9 Å². The monoisotopic (exact) mass is 422 g/mol. The minimum Gasteiger partial charge on any atom is -0.493 e. The zero-order valence-electron chi connectivity index (χ0n) is 18.0. The number of aromatic nitrogens is 3. The van der Waals surface area contributed by atoms with Gasteiger partial charge in [0, 0.05) is 62.2 Å². The van der Waals surface area contributed by atoms with Crippen LogP contribution in [0.2, 0.25) is 0 Å². The predicted molar refractivity (Wildman–Crippen MR) is 116 cm³/mol. The topological polar surface area (TPSA) is 87.5 Å². The predicted octanol–water partition coefficient (Wildman–Crippen LogP) is 3.18. The van der Waals surface area contributed by atoms with Crippen molar-refractivity contribution < 1.29 is 19.0 Å². The summed E-state index contributed by atoms with van der Waals surface area (Å²) in [7, 11) is 1.98. The number of carbonyl (C=O) groups is 1. The van der Waals surface area contributed by atoms with E-state index in [0.29, 0.717) is 32.2 Å². The maximum absolute atomic E-state index is 11.5. The molecule has 1 atom stereocenters. The van der Waals surface area contributed by atoms with E-state index in [1.807, 2.05) is 36.9 Å². The SMILES string of the molecule is CCOc1cc(-c2cn(C)c3cnc(NC(C)=O)cc23)nc2c1CCOC21CCOC1. The van der Waals surface area contributed by atoms with Gasteiger partial charge in [-0.25, -0.2) is 9.97 Å². The molecule has 1 amide bonds. The van der Waals surface area contributed by atoms with Crippen molar-refractivity contribution in [3.05, 3.63) is 35.8 Å². The lowest BCUT2D eigenvalue weighted by Gasteiger charge is -2.34. The first-order valence-electron chi connectivity index (χ1n) is 10.6. The number of aryl methyl sites for hydroxylation is 1. The number of hydrogen-bond acceptors (Lipinski definition) is 6. The summed E-state index contributed by atoms with van der Waals surface area (Å²) in [5.41, 5.74) is 4.24. The van der Waals surface area contributed by atoms with E-state index in [-0.39, 0.29) is 5.91 Å². The molecule has 3 aromatic rings. The molecule has 5 rings (SSSR count). The number of nitrogens with one attached hydrogen (secondary N) is 1. The van der Waals surface area contributed by atoms with Gasteiger partial charge in [-0.15, -0.1) is 0 Å². The summed E-state index contributed by atoms with van der Waals surface area (Å²) < 4.78 is 20.0. The molecule has 1 saturated heterocycles. The lowest BCUT2D eigenvalue weighted by Crippen LogP contribution is -2.37. The van der Waals surface area contributed by atoms with E-state index in [4.69, 9.17) is 19.2 Å². The summed E-state index contributed by atoms with van der Waals surface area (Å²) in [6.45, 7) is 5.84. The van der Waals surface area contributed by atoms with Crippen LogP contribution in [0.4, 0.5) is 5.82 Å². The van der Waals surface area contributed by atoms with Crippen LogP contribution in [0.5, 0.6) is 5.75 Å². The van der Waals surface area contributed by atoms with E-state index in [1.54, 1.807) is 6.20 Å². The molecule has 0 aromatic carbocycles. The molecule has 162 valence electrons. The molecule has 0 saturated carbocycles. The smallest absolute Gasteiger partial charge is 0.222 e. The molecule has 8 heteroatoms. The van der Waals surface area contributed by atoms with Gasteiger partial charge in [-0.1, -0.05) is 0 Å². The largest absolute Gasteiger partial charge is 0.493 e. The number of anilines is 1. The van der Waals surface area contributed by atoms with Crippen molar-refractivity contribution in [2.24, 2.45) is 7.05 Å². The first-order chi connectivity index (χ1) is 15.0. The Morgan fingerprint density at radius 2 is 2.23 bits per heavy atom. The molecule has 1 unspecified atom stereocenters. The summed E-state index contributed by atoms with van der Waals surface area (Å²) in [5, 5.41) is 3.73. The van der Waals surface area contributed by atoms with Crippen molar-refractivity contribution >= 4 is 22.6 Å².